The van der Waals surface area contributed by atoms with Gasteiger partial charge < -0.3 is 4.52 Å². The van der Waals surface area contributed by atoms with Crippen LogP contribution in [0, 0.1) is 0 Å². The van der Waals surface area contributed by atoms with Crippen LogP contribution >= 0.6 is 0 Å². The third-order valence-electron chi connectivity index (χ3n) is 1.77. The normalized spacial score (nSPS) is 9.85. The summed E-state index contributed by atoms with van der Waals surface area (Å²) >= 11 is 0. The quantitative estimate of drug-likeness (QED) is 0.698. The maximum atomic E-state index is 4.64. The zero-order valence-electron chi connectivity index (χ0n) is 6.97. The smallest absolute Gasteiger partial charge is 0.214 e. The van der Waals surface area contributed by atoms with E-state index < -0.39 is 0 Å². The molecule has 0 saturated heterocycles. The van der Waals surface area contributed by atoms with Gasteiger partial charge in [0.1, 0.15) is 0 Å². The number of rotatable bonds is 2. The molecular weight excluding hydrogens is 164 g/mol. The third kappa shape index (κ3) is 1.49. The SMILES string of the molecule is C=Cc1ccc(-c2ncon2)cc1. The first-order chi connectivity index (χ1) is 6.40. The van der Waals surface area contributed by atoms with Gasteiger partial charge in [-0.15, -0.1) is 0 Å². The molecule has 0 aliphatic heterocycles. The highest BCUT2D eigenvalue weighted by atomic mass is 16.5. The van der Waals surface area contributed by atoms with Crippen molar-refractivity contribution in [2.45, 2.75) is 0 Å². The predicted molar refractivity (Wildman–Crippen MR) is 49.8 cm³/mol. The number of benzene rings is 1. The fourth-order valence-electron chi connectivity index (χ4n) is 1.07. The van der Waals surface area contributed by atoms with Gasteiger partial charge in [0.2, 0.25) is 12.2 Å². The summed E-state index contributed by atoms with van der Waals surface area (Å²) in [4.78, 5) is 3.94. The monoisotopic (exact) mass is 172 g/mol. The van der Waals surface area contributed by atoms with Crippen LogP contribution in [-0.2, 0) is 0 Å². The van der Waals surface area contributed by atoms with Crippen LogP contribution in [-0.4, -0.2) is 10.1 Å². The minimum absolute atomic E-state index is 0.607. The Bertz CT molecular complexity index is 389. The van der Waals surface area contributed by atoms with Gasteiger partial charge in [-0.1, -0.05) is 42.1 Å². The van der Waals surface area contributed by atoms with Gasteiger partial charge in [-0.05, 0) is 5.56 Å². The minimum Gasteiger partial charge on any atom is -0.342 e. The van der Waals surface area contributed by atoms with E-state index in [2.05, 4.69) is 21.2 Å². The van der Waals surface area contributed by atoms with Crippen molar-refractivity contribution in [3.05, 3.63) is 42.8 Å². The Hall–Kier alpha value is -1.90. The number of nitrogens with zero attached hydrogens (tertiary/aromatic N) is 2. The molecule has 13 heavy (non-hydrogen) atoms. The van der Waals surface area contributed by atoms with Gasteiger partial charge in [0.05, 0.1) is 0 Å². The van der Waals surface area contributed by atoms with Crippen LogP contribution in [0.25, 0.3) is 17.5 Å². The molecule has 1 heterocycles. The summed E-state index contributed by atoms with van der Waals surface area (Å²) in [5.41, 5.74) is 2.02. The summed E-state index contributed by atoms with van der Waals surface area (Å²) < 4.78 is 4.64. The van der Waals surface area contributed by atoms with Crippen LogP contribution in [0.3, 0.4) is 0 Å². The summed E-state index contributed by atoms with van der Waals surface area (Å²) in [5, 5.41) is 3.73. The molecule has 0 radical (unpaired) electrons. The molecule has 0 unspecified atom stereocenters. The van der Waals surface area contributed by atoms with Crippen LogP contribution in [0.4, 0.5) is 0 Å². The highest BCUT2D eigenvalue weighted by Crippen LogP contribution is 2.15. The van der Waals surface area contributed by atoms with E-state index in [4.69, 9.17) is 0 Å². The Labute approximate surface area is 75.7 Å². The Morgan fingerprint density at radius 3 is 2.54 bits per heavy atom. The second-order valence-electron chi connectivity index (χ2n) is 2.58. The second-order valence-corrected chi connectivity index (χ2v) is 2.58. The molecule has 1 aromatic carbocycles. The van der Waals surface area contributed by atoms with Crippen LogP contribution < -0.4 is 0 Å². The number of aromatic nitrogens is 2. The molecule has 0 N–H and O–H groups in total. The Morgan fingerprint density at radius 1 is 1.23 bits per heavy atom. The van der Waals surface area contributed by atoms with Gasteiger partial charge in [-0.3, -0.25) is 0 Å². The molecular formula is C10H8N2O. The van der Waals surface area contributed by atoms with Crippen molar-refractivity contribution in [3.63, 3.8) is 0 Å². The molecule has 0 amide bonds. The summed E-state index contributed by atoms with van der Waals surface area (Å²) in [6.07, 6.45) is 3.11. The van der Waals surface area contributed by atoms with E-state index in [1.54, 1.807) is 6.08 Å². The fraction of sp³-hybridized carbons (Fsp3) is 0. The van der Waals surface area contributed by atoms with Crippen LogP contribution in [0.15, 0.2) is 41.8 Å². The van der Waals surface area contributed by atoms with Gasteiger partial charge in [-0.25, -0.2) is 0 Å². The van der Waals surface area contributed by atoms with Crippen molar-refractivity contribution in [1.29, 1.82) is 0 Å². The fourth-order valence-corrected chi connectivity index (χ4v) is 1.07. The van der Waals surface area contributed by atoms with Gasteiger partial charge in [0.15, 0.2) is 0 Å². The first-order valence-corrected chi connectivity index (χ1v) is 3.89. The van der Waals surface area contributed by atoms with E-state index >= 15 is 0 Å². The van der Waals surface area contributed by atoms with Crippen molar-refractivity contribution in [2.75, 3.05) is 0 Å². The lowest BCUT2D eigenvalue weighted by Crippen LogP contribution is -1.79. The number of hydrogen-bond acceptors (Lipinski definition) is 3. The van der Waals surface area contributed by atoms with E-state index in [-0.39, 0.29) is 0 Å². The lowest BCUT2D eigenvalue weighted by molar-refractivity contribution is 0.419. The molecule has 1 aromatic heterocycles. The van der Waals surface area contributed by atoms with Gasteiger partial charge in [-0.2, -0.15) is 4.98 Å². The summed E-state index contributed by atoms with van der Waals surface area (Å²) in [6.45, 7) is 3.67. The third-order valence-corrected chi connectivity index (χ3v) is 1.77. The Kier molecular flexibility index (Phi) is 1.92. The first kappa shape index (κ1) is 7.73. The largest absolute Gasteiger partial charge is 0.342 e. The van der Waals surface area contributed by atoms with E-state index in [9.17, 15) is 0 Å². The standard InChI is InChI=1S/C10H8N2O/c1-2-8-3-5-9(6-4-8)10-11-7-13-12-10/h2-7H,1H2. The maximum absolute atomic E-state index is 4.64. The molecule has 0 aliphatic rings. The lowest BCUT2D eigenvalue weighted by atomic mass is 10.1. The molecule has 0 atom stereocenters. The van der Waals surface area contributed by atoms with Crippen molar-refractivity contribution in [3.8, 4) is 11.4 Å². The zero-order chi connectivity index (χ0) is 9.10. The molecule has 0 saturated carbocycles. The minimum atomic E-state index is 0.607. The molecule has 3 heteroatoms. The average molecular weight is 172 g/mol. The van der Waals surface area contributed by atoms with Gasteiger partial charge in [0.25, 0.3) is 0 Å². The van der Waals surface area contributed by atoms with Crippen LogP contribution in [0.5, 0.6) is 0 Å². The molecule has 0 fully saturated rings. The molecule has 2 rings (SSSR count). The topological polar surface area (TPSA) is 38.9 Å². The molecule has 0 spiro atoms. The van der Waals surface area contributed by atoms with Crippen LogP contribution in [0.1, 0.15) is 5.56 Å². The summed E-state index contributed by atoms with van der Waals surface area (Å²) in [5.74, 6) is 0.607. The van der Waals surface area contributed by atoms with E-state index in [1.807, 2.05) is 24.3 Å². The van der Waals surface area contributed by atoms with E-state index in [0.29, 0.717) is 5.82 Å². The summed E-state index contributed by atoms with van der Waals surface area (Å²) in [7, 11) is 0. The van der Waals surface area contributed by atoms with Crippen molar-refractivity contribution in [2.24, 2.45) is 0 Å². The lowest BCUT2D eigenvalue weighted by Gasteiger charge is -1.94. The number of hydrogen-bond donors (Lipinski definition) is 0. The molecule has 3 nitrogen and oxygen atoms in total. The van der Waals surface area contributed by atoms with Crippen molar-refractivity contribution < 1.29 is 4.52 Å². The summed E-state index contributed by atoms with van der Waals surface area (Å²) in [6, 6.07) is 7.78. The average Bonchev–Trinajstić information content (AvgIpc) is 2.71. The van der Waals surface area contributed by atoms with E-state index in [0.717, 1.165) is 11.1 Å². The first-order valence-electron chi connectivity index (χ1n) is 3.89. The second kappa shape index (κ2) is 3.23. The van der Waals surface area contributed by atoms with Gasteiger partial charge in [0, 0.05) is 5.56 Å². The molecule has 2 aromatic rings. The van der Waals surface area contributed by atoms with Crippen molar-refractivity contribution in [1.82, 2.24) is 10.1 Å². The Morgan fingerprint density at radius 2 is 2.00 bits per heavy atom. The Balaban J connectivity index is 2.38. The molecule has 64 valence electrons. The van der Waals surface area contributed by atoms with Crippen LogP contribution in [0.2, 0.25) is 0 Å². The predicted octanol–water partition coefficient (Wildman–Crippen LogP) is 2.38. The molecule has 0 bridgehead atoms. The maximum Gasteiger partial charge on any atom is 0.214 e. The molecule has 0 aliphatic carbocycles. The van der Waals surface area contributed by atoms with Crippen molar-refractivity contribution >= 4 is 6.08 Å². The van der Waals surface area contributed by atoms with E-state index in [1.165, 1.54) is 6.39 Å². The highest BCUT2D eigenvalue weighted by Gasteiger charge is 2.00. The van der Waals surface area contributed by atoms with Gasteiger partial charge >= 0.3 is 0 Å². The highest BCUT2D eigenvalue weighted by molar-refractivity contribution is 5.58. The zero-order valence-corrected chi connectivity index (χ0v) is 6.97.